The molecule has 14 heavy (non-hydrogen) atoms. The number of alkyl halides is 2. The van der Waals surface area contributed by atoms with Gasteiger partial charge in [0.1, 0.15) is 0 Å². The van der Waals surface area contributed by atoms with Crippen LogP contribution in [0.5, 0.6) is 0 Å². The van der Waals surface area contributed by atoms with Gasteiger partial charge in [-0.05, 0) is 0 Å². The predicted octanol–water partition coefficient (Wildman–Crippen LogP) is -1.28. The van der Waals surface area contributed by atoms with Crippen LogP contribution in [0.3, 0.4) is 0 Å². The summed E-state index contributed by atoms with van der Waals surface area (Å²) in [6.07, 6.45) is 5.82. The summed E-state index contributed by atoms with van der Waals surface area (Å²) in [5.41, 5.74) is 0.455. The second-order valence-corrected chi connectivity index (χ2v) is 9.20. The van der Waals surface area contributed by atoms with Crippen molar-refractivity contribution >= 4 is 5.97 Å². The van der Waals surface area contributed by atoms with Crippen molar-refractivity contribution in [2.45, 2.75) is 48.6 Å². The maximum atomic E-state index is 11.3. The van der Waals surface area contributed by atoms with E-state index in [1.54, 1.807) is 0 Å². The van der Waals surface area contributed by atoms with Crippen LogP contribution in [-0.2, 0) is 9.53 Å². The molecule has 0 radical (unpaired) electrons. The molecule has 0 spiro atoms. The zero-order chi connectivity index (χ0) is 9.81. The second-order valence-electron chi connectivity index (χ2n) is 4.97. The molecule has 2 heterocycles. The summed E-state index contributed by atoms with van der Waals surface area (Å²) in [4.78, 5) is 11.3. The molecule has 2 nitrogen and oxygen atoms in total. The summed E-state index contributed by atoms with van der Waals surface area (Å²) in [6, 6.07) is 0. The van der Waals surface area contributed by atoms with Gasteiger partial charge in [-0.25, -0.2) is 0 Å². The molecule has 3 rings (SSSR count). The molecule has 3 aliphatic rings. The van der Waals surface area contributed by atoms with Crippen molar-refractivity contribution in [1.82, 2.24) is 0 Å². The number of cyclic esters (lactones) is 1. The van der Waals surface area contributed by atoms with Crippen molar-refractivity contribution in [2.24, 2.45) is 5.41 Å². The molecule has 2 aliphatic heterocycles. The van der Waals surface area contributed by atoms with E-state index in [9.17, 15) is 4.79 Å². The SMILES string of the molecule is CC12CC1(C1CCCC(=O)O1)CC[I-]2. The topological polar surface area (TPSA) is 26.3 Å². The molecule has 0 aromatic carbocycles. The van der Waals surface area contributed by atoms with Crippen molar-refractivity contribution in [3.63, 3.8) is 0 Å². The van der Waals surface area contributed by atoms with Gasteiger partial charge in [0.25, 0.3) is 0 Å². The first-order valence-corrected chi connectivity index (χ1v) is 8.07. The summed E-state index contributed by atoms with van der Waals surface area (Å²) in [5.74, 6) is 0.0509. The molecule has 2 saturated heterocycles. The van der Waals surface area contributed by atoms with Crippen LogP contribution < -0.4 is 21.2 Å². The van der Waals surface area contributed by atoms with Crippen molar-refractivity contribution in [3.05, 3.63) is 0 Å². The Balaban J connectivity index is 1.79. The number of rotatable bonds is 1. The molecule has 0 N–H and O–H groups in total. The Bertz CT molecular complexity index is 287. The van der Waals surface area contributed by atoms with Gasteiger partial charge in [-0.2, -0.15) is 0 Å². The number of hydrogen-bond donors (Lipinski definition) is 0. The van der Waals surface area contributed by atoms with E-state index >= 15 is 0 Å². The van der Waals surface area contributed by atoms with Gasteiger partial charge in [0, 0.05) is 0 Å². The van der Waals surface area contributed by atoms with Crippen LogP contribution in [0.4, 0.5) is 0 Å². The minimum absolute atomic E-state index is 0.0509. The van der Waals surface area contributed by atoms with Crippen molar-refractivity contribution < 1.29 is 30.7 Å². The Hall–Kier alpha value is 0.200. The summed E-state index contributed by atoms with van der Waals surface area (Å²) in [5, 5.41) is 0. The van der Waals surface area contributed by atoms with Crippen LogP contribution in [0, 0.1) is 5.41 Å². The molecule has 0 amide bonds. The molecule has 0 aromatic heterocycles. The average molecular weight is 307 g/mol. The number of halogens is 1. The zero-order valence-electron chi connectivity index (χ0n) is 8.51. The Morgan fingerprint density at radius 2 is 2.43 bits per heavy atom. The minimum atomic E-state index is 0.0509. The standard InChI is InChI=1S/C11H16IO2/c1-10-7-11(10,5-6-12-10)8-3-2-4-9(13)14-8/h8H,2-7H2,1H3/q-1. The third-order valence-corrected chi connectivity index (χ3v) is 8.45. The van der Waals surface area contributed by atoms with Gasteiger partial charge in [-0.15, -0.1) is 0 Å². The Kier molecular flexibility index (Phi) is 1.93. The van der Waals surface area contributed by atoms with Crippen LogP contribution >= 0.6 is 0 Å². The molecule has 3 unspecified atom stereocenters. The molecule has 80 valence electrons. The van der Waals surface area contributed by atoms with Gasteiger partial charge in [0.2, 0.25) is 0 Å². The third kappa shape index (κ3) is 1.11. The monoisotopic (exact) mass is 307 g/mol. The van der Waals surface area contributed by atoms with Crippen molar-refractivity contribution in [3.8, 4) is 0 Å². The fourth-order valence-corrected chi connectivity index (χ4v) is 7.96. The van der Waals surface area contributed by atoms with E-state index in [0.29, 0.717) is 36.5 Å². The zero-order valence-corrected chi connectivity index (χ0v) is 10.7. The molecule has 1 aliphatic carbocycles. The molecular weight excluding hydrogens is 291 g/mol. The van der Waals surface area contributed by atoms with Gasteiger partial charge in [-0.1, -0.05) is 0 Å². The van der Waals surface area contributed by atoms with Crippen LogP contribution in [0.1, 0.15) is 39.0 Å². The summed E-state index contributed by atoms with van der Waals surface area (Å²) < 4.78 is 7.64. The van der Waals surface area contributed by atoms with Crippen molar-refractivity contribution in [1.29, 1.82) is 0 Å². The molecule has 3 atom stereocenters. The molecule has 0 bridgehead atoms. The summed E-state index contributed by atoms with van der Waals surface area (Å²) in [7, 11) is 0. The number of hydrogen-bond acceptors (Lipinski definition) is 2. The molecule has 1 saturated carbocycles. The fraction of sp³-hybridized carbons (Fsp3) is 0.909. The van der Waals surface area contributed by atoms with E-state index in [-0.39, 0.29) is 12.1 Å². The van der Waals surface area contributed by atoms with E-state index in [1.807, 2.05) is 0 Å². The van der Waals surface area contributed by atoms with Crippen LogP contribution in [-0.4, -0.2) is 19.9 Å². The molecule has 0 aromatic rings. The maximum absolute atomic E-state index is 11.3. The van der Waals surface area contributed by atoms with Gasteiger partial charge >= 0.3 is 95.1 Å². The Morgan fingerprint density at radius 1 is 1.57 bits per heavy atom. The number of carbonyl (C=O) groups excluding carboxylic acids is 1. The molecule has 3 fully saturated rings. The Labute approximate surface area is 95.0 Å². The van der Waals surface area contributed by atoms with Gasteiger partial charge in [0.05, 0.1) is 0 Å². The van der Waals surface area contributed by atoms with Gasteiger partial charge in [-0.3, -0.25) is 0 Å². The first kappa shape index (κ1) is 9.43. The van der Waals surface area contributed by atoms with E-state index in [1.165, 1.54) is 17.3 Å². The number of fused-ring (bicyclic) bond motifs is 1. The third-order valence-electron chi connectivity index (χ3n) is 4.23. The first-order chi connectivity index (χ1) is 6.66. The van der Waals surface area contributed by atoms with E-state index in [0.717, 1.165) is 12.8 Å². The summed E-state index contributed by atoms with van der Waals surface area (Å²) >= 11 is 0.388. The number of ether oxygens (including phenoxy) is 1. The van der Waals surface area contributed by atoms with Gasteiger partial charge in [0.15, 0.2) is 0 Å². The van der Waals surface area contributed by atoms with Crippen LogP contribution in [0.25, 0.3) is 0 Å². The number of carbonyl (C=O) groups is 1. The Morgan fingerprint density at radius 3 is 3.00 bits per heavy atom. The van der Waals surface area contributed by atoms with Gasteiger partial charge < -0.3 is 0 Å². The number of esters is 1. The van der Waals surface area contributed by atoms with E-state index in [4.69, 9.17) is 4.74 Å². The van der Waals surface area contributed by atoms with Crippen LogP contribution in [0.2, 0.25) is 0 Å². The van der Waals surface area contributed by atoms with E-state index in [2.05, 4.69) is 6.92 Å². The predicted molar refractivity (Wildman–Crippen MR) is 48.7 cm³/mol. The summed E-state index contributed by atoms with van der Waals surface area (Å²) in [6.45, 7) is 2.43. The molecular formula is C11H16IO2-. The van der Waals surface area contributed by atoms with Crippen LogP contribution in [0.15, 0.2) is 0 Å². The first-order valence-electron chi connectivity index (χ1n) is 5.46. The average Bonchev–Trinajstić information content (AvgIpc) is 2.61. The second kappa shape index (κ2) is 2.86. The quantitative estimate of drug-likeness (QED) is 0.343. The molecule has 3 heteroatoms. The van der Waals surface area contributed by atoms with E-state index < -0.39 is 0 Å². The fourth-order valence-electron chi connectivity index (χ4n) is 3.21. The normalized spacial score (nSPS) is 51.8. The van der Waals surface area contributed by atoms with Crippen molar-refractivity contribution in [2.75, 3.05) is 4.43 Å².